The van der Waals surface area contributed by atoms with Crippen LogP contribution in [-0.4, -0.2) is 6.54 Å². The van der Waals surface area contributed by atoms with Gasteiger partial charge in [0.2, 0.25) is 0 Å². The third kappa shape index (κ3) is 5.27. The van der Waals surface area contributed by atoms with E-state index >= 15 is 0 Å². The smallest absolute Gasteiger partial charge is 0.0766 e. The van der Waals surface area contributed by atoms with E-state index in [0.717, 1.165) is 17.8 Å². The third-order valence-electron chi connectivity index (χ3n) is 1.53. The Hall–Kier alpha value is -1.42. The van der Waals surface area contributed by atoms with E-state index in [4.69, 9.17) is 0 Å². The lowest BCUT2D eigenvalue weighted by Gasteiger charge is -1.97. The predicted molar refractivity (Wildman–Crippen MR) is 63.8 cm³/mol. The summed E-state index contributed by atoms with van der Waals surface area (Å²) in [4.78, 5) is 0. The van der Waals surface area contributed by atoms with Gasteiger partial charge in [0, 0.05) is 11.3 Å². The largest absolute Gasteiger partial charge is 0.378 e. The van der Waals surface area contributed by atoms with Gasteiger partial charge in [-0.25, -0.2) is 0 Å². The molecule has 0 aromatic rings. The van der Waals surface area contributed by atoms with Gasteiger partial charge in [-0.3, -0.25) is 0 Å². The minimum absolute atomic E-state index is 0.746. The lowest BCUT2D eigenvalue weighted by molar-refractivity contribution is 0.924. The van der Waals surface area contributed by atoms with Crippen molar-refractivity contribution in [2.24, 2.45) is 0 Å². The van der Waals surface area contributed by atoms with Gasteiger partial charge in [0.15, 0.2) is 0 Å². The van der Waals surface area contributed by atoms with E-state index in [-0.39, 0.29) is 0 Å². The van der Waals surface area contributed by atoms with E-state index in [1.165, 1.54) is 0 Å². The molecule has 1 N–H and O–H groups in total. The second-order valence-electron chi connectivity index (χ2n) is 2.63. The highest BCUT2D eigenvalue weighted by Crippen LogP contribution is 2.01. The van der Waals surface area contributed by atoms with Gasteiger partial charge in [0.1, 0.15) is 0 Å². The highest BCUT2D eigenvalue weighted by molar-refractivity contribution is 5.43. The Morgan fingerprint density at radius 3 is 2.79 bits per heavy atom. The van der Waals surface area contributed by atoms with Crippen LogP contribution in [-0.2, 0) is 0 Å². The highest BCUT2D eigenvalue weighted by atomic mass is 14.9. The van der Waals surface area contributed by atoms with Gasteiger partial charge < -0.3 is 5.32 Å². The van der Waals surface area contributed by atoms with Crippen LogP contribution in [0.1, 0.15) is 27.7 Å². The summed E-state index contributed by atoms with van der Waals surface area (Å²) in [6.45, 7) is 8.78. The topological polar surface area (TPSA) is 12.0 Å². The first-order valence-electron chi connectivity index (χ1n) is 5.07. The van der Waals surface area contributed by atoms with E-state index < -0.39 is 0 Å². The maximum absolute atomic E-state index is 3.17. The van der Waals surface area contributed by atoms with Crippen molar-refractivity contribution in [2.45, 2.75) is 27.7 Å². The molecule has 1 rings (SSSR count). The Balaban J connectivity index is 0.000000791. The first-order chi connectivity index (χ1) is 6.83. The van der Waals surface area contributed by atoms with Crippen LogP contribution in [0, 0.1) is 11.8 Å². The SMILES string of the molecule is C/C=C\C=C1/C#CCNC(C)=C1.CC. The first kappa shape index (κ1) is 12.6. The summed E-state index contributed by atoms with van der Waals surface area (Å²) in [7, 11) is 0. The number of allylic oxidation sites excluding steroid dienone is 6. The van der Waals surface area contributed by atoms with Crippen LogP contribution in [0.2, 0.25) is 0 Å². The molecule has 0 fully saturated rings. The number of nitrogens with one attached hydrogen (secondary N) is 1. The van der Waals surface area contributed by atoms with Crippen LogP contribution < -0.4 is 5.32 Å². The zero-order chi connectivity index (χ0) is 10.8. The molecule has 0 aliphatic carbocycles. The molecule has 0 amide bonds. The molecule has 0 radical (unpaired) electrons. The molecule has 1 heteroatoms. The monoisotopic (exact) mass is 189 g/mol. The maximum Gasteiger partial charge on any atom is 0.0766 e. The molecule has 0 atom stereocenters. The fraction of sp³-hybridized carbons (Fsp3) is 0.385. The van der Waals surface area contributed by atoms with Crippen LogP contribution in [0.15, 0.2) is 35.6 Å². The molecule has 76 valence electrons. The molecular formula is C13H19N. The number of hydrogen-bond acceptors (Lipinski definition) is 1. The van der Waals surface area contributed by atoms with E-state index in [1.807, 2.05) is 45.9 Å². The number of rotatable bonds is 1. The Morgan fingerprint density at radius 1 is 1.43 bits per heavy atom. The molecule has 0 saturated heterocycles. The quantitative estimate of drug-likeness (QED) is 0.625. The molecule has 1 nitrogen and oxygen atoms in total. The first-order valence-corrected chi connectivity index (χ1v) is 5.07. The van der Waals surface area contributed by atoms with Gasteiger partial charge in [-0.15, -0.1) is 0 Å². The van der Waals surface area contributed by atoms with Crippen LogP contribution in [0.3, 0.4) is 0 Å². The summed E-state index contributed by atoms with van der Waals surface area (Å²) in [6, 6.07) is 0. The van der Waals surface area contributed by atoms with Crippen molar-refractivity contribution in [2.75, 3.05) is 6.54 Å². The molecule has 0 aromatic carbocycles. The lowest BCUT2D eigenvalue weighted by Crippen LogP contribution is -2.09. The van der Waals surface area contributed by atoms with Gasteiger partial charge >= 0.3 is 0 Å². The highest BCUT2D eigenvalue weighted by Gasteiger charge is 1.92. The van der Waals surface area contributed by atoms with E-state index in [0.29, 0.717) is 0 Å². The van der Waals surface area contributed by atoms with Crippen molar-refractivity contribution in [3.63, 3.8) is 0 Å². The summed E-state index contributed by atoms with van der Waals surface area (Å²) in [5, 5.41) is 3.17. The Morgan fingerprint density at radius 2 is 2.14 bits per heavy atom. The lowest BCUT2D eigenvalue weighted by atomic mass is 10.2. The Kier molecular flexibility index (Phi) is 7.36. The summed E-state index contributed by atoms with van der Waals surface area (Å²) in [6.07, 6.45) is 8.07. The normalized spacial score (nSPS) is 17.1. The molecular weight excluding hydrogens is 170 g/mol. The molecule has 0 bridgehead atoms. The van der Waals surface area contributed by atoms with Crippen LogP contribution >= 0.6 is 0 Å². The van der Waals surface area contributed by atoms with E-state index in [2.05, 4.69) is 23.2 Å². The van der Waals surface area contributed by atoms with Gasteiger partial charge in [-0.1, -0.05) is 37.8 Å². The Bertz CT molecular complexity index is 295. The minimum Gasteiger partial charge on any atom is -0.378 e. The summed E-state index contributed by atoms with van der Waals surface area (Å²) < 4.78 is 0. The van der Waals surface area contributed by atoms with Crippen molar-refractivity contribution in [1.29, 1.82) is 0 Å². The van der Waals surface area contributed by atoms with E-state index in [9.17, 15) is 0 Å². The summed E-state index contributed by atoms with van der Waals surface area (Å²) >= 11 is 0. The molecule has 14 heavy (non-hydrogen) atoms. The number of hydrogen-bond donors (Lipinski definition) is 1. The predicted octanol–water partition coefficient (Wildman–Crippen LogP) is 3.03. The molecule has 1 heterocycles. The van der Waals surface area contributed by atoms with Gasteiger partial charge in [-0.2, -0.15) is 0 Å². The average Bonchev–Trinajstić information content (AvgIpc) is 2.43. The standard InChI is InChI=1S/C11H13N.C2H6/c1-3-4-6-11-7-5-8-12-10(2)9-11;1-2/h3-4,6,9,12H,8H2,1-2H3;1-2H3/b4-3-,11-6+;. The zero-order valence-corrected chi connectivity index (χ0v) is 9.52. The molecule has 0 saturated carbocycles. The second-order valence-corrected chi connectivity index (χ2v) is 2.63. The average molecular weight is 189 g/mol. The third-order valence-corrected chi connectivity index (χ3v) is 1.53. The van der Waals surface area contributed by atoms with Crippen molar-refractivity contribution in [1.82, 2.24) is 5.32 Å². The fourth-order valence-electron chi connectivity index (χ4n) is 0.940. The zero-order valence-electron chi connectivity index (χ0n) is 9.52. The summed E-state index contributed by atoms with van der Waals surface area (Å²) in [5.74, 6) is 6.09. The van der Waals surface area contributed by atoms with Crippen molar-refractivity contribution in [3.05, 3.63) is 35.6 Å². The Labute approximate surface area is 87.6 Å². The maximum atomic E-state index is 3.17. The van der Waals surface area contributed by atoms with E-state index in [1.54, 1.807) is 0 Å². The van der Waals surface area contributed by atoms with Gasteiger partial charge in [-0.05, 0) is 26.0 Å². The molecule has 0 spiro atoms. The molecule has 0 unspecified atom stereocenters. The van der Waals surface area contributed by atoms with Crippen LogP contribution in [0.25, 0.3) is 0 Å². The van der Waals surface area contributed by atoms with Crippen LogP contribution in [0.4, 0.5) is 0 Å². The van der Waals surface area contributed by atoms with Crippen LogP contribution in [0.5, 0.6) is 0 Å². The van der Waals surface area contributed by atoms with Gasteiger partial charge in [0.25, 0.3) is 0 Å². The second kappa shape index (κ2) is 8.19. The van der Waals surface area contributed by atoms with Crippen molar-refractivity contribution in [3.8, 4) is 11.8 Å². The van der Waals surface area contributed by atoms with Crippen molar-refractivity contribution >= 4 is 0 Å². The minimum atomic E-state index is 0.746. The summed E-state index contributed by atoms with van der Waals surface area (Å²) in [5.41, 5.74) is 2.22. The van der Waals surface area contributed by atoms with Crippen molar-refractivity contribution < 1.29 is 0 Å². The molecule has 1 aliphatic rings. The fourth-order valence-corrected chi connectivity index (χ4v) is 0.940. The molecule has 1 aliphatic heterocycles. The van der Waals surface area contributed by atoms with Gasteiger partial charge in [0.05, 0.1) is 6.54 Å². The molecule has 0 aromatic heterocycles.